The molecule has 0 saturated heterocycles. The van der Waals surface area contributed by atoms with Crippen LogP contribution in [0, 0.1) is 13.8 Å². The van der Waals surface area contributed by atoms with E-state index < -0.39 is 0 Å². The Kier molecular flexibility index (Phi) is 3.25. The molecule has 0 unspecified atom stereocenters. The van der Waals surface area contributed by atoms with Crippen molar-refractivity contribution < 1.29 is 4.74 Å². The molecule has 2 N–H and O–H groups in total. The Bertz CT molecular complexity index is 552. The fourth-order valence-corrected chi connectivity index (χ4v) is 1.66. The van der Waals surface area contributed by atoms with Crippen LogP contribution >= 0.6 is 11.6 Å². The summed E-state index contributed by atoms with van der Waals surface area (Å²) in [6.07, 6.45) is 0. The van der Waals surface area contributed by atoms with E-state index in [-0.39, 0.29) is 0 Å². The van der Waals surface area contributed by atoms with Crippen molar-refractivity contribution >= 4 is 17.3 Å². The van der Waals surface area contributed by atoms with Gasteiger partial charge in [-0.2, -0.15) is 0 Å². The van der Waals surface area contributed by atoms with E-state index in [0.29, 0.717) is 11.4 Å². The number of rotatable bonds is 2. The molecule has 0 aromatic heterocycles. The molecule has 2 aromatic rings. The van der Waals surface area contributed by atoms with E-state index >= 15 is 0 Å². The third kappa shape index (κ3) is 2.71. The molecule has 0 heterocycles. The fraction of sp³-hybridized carbons (Fsp3) is 0.143. The zero-order chi connectivity index (χ0) is 12.4. The van der Waals surface area contributed by atoms with Gasteiger partial charge in [-0.25, -0.2) is 0 Å². The summed E-state index contributed by atoms with van der Waals surface area (Å²) in [6, 6.07) is 11.3. The lowest BCUT2D eigenvalue weighted by atomic mass is 10.2. The number of aryl methyl sites for hydroxylation is 2. The highest BCUT2D eigenvalue weighted by Gasteiger charge is 2.04. The SMILES string of the molecule is Cc1ccc(N)c(Oc2ccc(Cl)c(C)c2)c1. The monoisotopic (exact) mass is 247 g/mol. The van der Waals surface area contributed by atoms with Crippen LogP contribution in [-0.4, -0.2) is 0 Å². The first-order chi connectivity index (χ1) is 8.06. The second kappa shape index (κ2) is 4.68. The Labute approximate surface area is 106 Å². The number of anilines is 1. The Hall–Kier alpha value is -1.67. The molecule has 0 amide bonds. The minimum absolute atomic E-state index is 0.628. The summed E-state index contributed by atoms with van der Waals surface area (Å²) in [7, 11) is 0. The molecule has 0 aliphatic rings. The predicted octanol–water partition coefficient (Wildman–Crippen LogP) is 4.33. The second-order valence-corrected chi connectivity index (χ2v) is 4.46. The van der Waals surface area contributed by atoms with E-state index in [2.05, 4.69) is 0 Å². The summed E-state index contributed by atoms with van der Waals surface area (Å²) in [5.74, 6) is 1.41. The molecule has 2 nitrogen and oxygen atoms in total. The number of halogens is 1. The lowest BCUT2D eigenvalue weighted by molar-refractivity contribution is 0.484. The highest BCUT2D eigenvalue weighted by atomic mass is 35.5. The van der Waals surface area contributed by atoms with Crippen LogP contribution in [0.25, 0.3) is 0 Å². The normalized spacial score (nSPS) is 10.3. The smallest absolute Gasteiger partial charge is 0.150 e. The van der Waals surface area contributed by atoms with Gasteiger partial charge in [0.2, 0.25) is 0 Å². The Morgan fingerprint density at radius 1 is 1.06 bits per heavy atom. The number of hydrogen-bond acceptors (Lipinski definition) is 2. The number of ether oxygens (including phenoxy) is 1. The molecular formula is C14H14ClNO. The van der Waals surface area contributed by atoms with Crippen LogP contribution in [0.5, 0.6) is 11.5 Å². The summed E-state index contributed by atoms with van der Waals surface area (Å²) in [6.45, 7) is 3.94. The third-order valence-corrected chi connectivity index (χ3v) is 2.95. The third-order valence-electron chi connectivity index (χ3n) is 2.53. The Morgan fingerprint density at radius 3 is 2.53 bits per heavy atom. The van der Waals surface area contributed by atoms with Crippen LogP contribution in [-0.2, 0) is 0 Å². The van der Waals surface area contributed by atoms with Gasteiger partial charge in [-0.15, -0.1) is 0 Å². The first kappa shape index (κ1) is 11.8. The van der Waals surface area contributed by atoms with Crippen LogP contribution in [0.4, 0.5) is 5.69 Å². The molecule has 2 aromatic carbocycles. The van der Waals surface area contributed by atoms with E-state index in [1.54, 1.807) is 0 Å². The van der Waals surface area contributed by atoms with Crippen molar-refractivity contribution in [2.24, 2.45) is 0 Å². The molecule has 3 heteroatoms. The van der Waals surface area contributed by atoms with Crippen LogP contribution in [0.1, 0.15) is 11.1 Å². The molecule has 0 spiro atoms. The lowest BCUT2D eigenvalue weighted by Gasteiger charge is -2.10. The molecule has 2 rings (SSSR count). The van der Waals surface area contributed by atoms with Crippen LogP contribution < -0.4 is 10.5 Å². The zero-order valence-corrected chi connectivity index (χ0v) is 10.6. The van der Waals surface area contributed by atoms with E-state index in [4.69, 9.17) is 22.1 Å². The molecule has 0 radical (unpaired) electrons. The van der Waals surface area contributed by atoms with Crippen molar-refractivity contribution in [2.75, 3.05) is 5.73 Å². The van der Waals surface area contributed by atoms with E-state index in [9.17, 15) is 0 Å². The summed E-state index contributed by atoms with van der Waals surface area (Å²) >= 11 is 5.96. The maximum atomic E-state index is 5.96. The molecule has 17 heavy (non-hydrogen) atoms. The van der Waals surface area contributed by atoms with E-state index in [1.165, 1.54) is 0 Å². The summed E-state index contributed by atoms with van der Waals surface area (Å²) in [5, 5.41) is 0.731. The Morgan fingerprint density at radius 2 is 1.82 bits per heavy atom. The topological polar surface area (TPSA) is 35.2 Å². The maximum Gasteiger partial charge on any atom is 0.150 e. The van der Waals surface area contributed by atoms with Gasteiger partial charge in [-0.1, -0.05) is 17.7 Å². The van der Waals surface area contributed by atoms with Gasteiger partial charge < -0.3 is 10.5 Å². The van der Waals surface area contributed by atoms with Crippen LogP contribution in [0.15, 0.2) is 36.4 Å². The number of nitrogens with two attached hydrogens (primary N) is 1. The predicted molar refractivity (Wildman–Crippen MR) is 71.9 cm³/mol. The van der Waals surface area contributed by atoms with Crippen molar-refractivity contribution in [1.82, 2.24) is 0 Å². The quantitative estimate of drug-likeness (QED) is 0.802. The van der Waals surface area contributed by atoms with Gasteiger partial charge in [0.15, 0.2) is 5.75 Å². The van der Waals surface area contributed by atoms with Crippen molar-refractivity contribution in [3.05, 3.63) is 52.5 Å². The second-order valence-electron chi connectivity index (χ2n) is 4.05. The largest absolute Gasteiger partial charge is 0.455 e. The number of nitrogen functional groups attached to an aromatic ring is 1. The molecule has 0 saturated carbocycles. The summed E-state index contributed by atoms with van der Waals surface area (Å²) in [4.78, 5) is 0. The van der Waals surface area contributed by atoms with E-state index in [0.717, 1.165) is 21.9 Å². The standard InChI is InChI=1S/C14H14ClNO/c1-9-3-6-13(16)14(7-9)17-11-4-5-12(15)10(2)8-11/h3-8H,16H2,1-2H3. The van der Waals surface area contributed by atoms with Crippen molar-refractivity contribution in [1.29, 1.82) is 0 Å². The van der Waals surface area contributed by atoms with Gasteiger partial charge in [0.1, 0.15) is 5.75 Å². The first-order valence-corrected chi connectivity index (χ1v) is 5.74. The molecule has 0 atom stereocenters. The highest BCUT2D eigenvalue weighted by Crippen LogP contribution is 2.30. The molecule has 0 bridgehead atoms. The number of hydrogen-bond donors (Lipinski definition) is 1. The minimum atomic E-state index is 0.628. The van der Waals surface area contributed by atoms with Gasteiger partial charge in [-0.3, -0.25) is 0 Å². The lowest BCUT2D eigenvalue weighted by Crippen LogP contribution is -1.93. The highest BCUT2D eigenvalue weighted by molar-refractivity contribution is 6.31. The molecular weight excluding hydrogens is 234 g/mol. The molecule has 0 fully saturated rings. The summed E-state index contributed by atoms with van der Waals surface area (Å²) in [5.41, 5.74) is 8.57. The zero-order valence-electron chi connectivity index (χ0n) is 9.83. The molecule has 0 aliphatic carbocycles. The van der Waals surface area contributed by atoms with Crippen molar-refractivity contribution in [3.63, 3.8) is 0 Å². The molecule has 88 valence electrons. The van der Waals surface area contributed by atoms with Gasteiger partial charge in [0.25, 0.3) is 0 Å². The van der Waals surface area contributed by atoms with Crippen LogP contribution in [0.3, 0.4) is 0 Å². The summed E-state index contributed by atoms with van der Waals surface area (Å²) < 4.78 is 5.74. The minimum Gasteiger partial charge on any atom is -0.455 e. The average molecular weight is 248 g/mol. The first-order valence-electron chi connectivity index (χ1n) is 5.36. The van der Waals surface area contributed by atoms with Crippen molar-refractivity contribution in [3.8, 4) is 11.5 Å². The number of benzene rings is 2. The van der Waals surface area contributed by atoms with Crippen molar-refractivity contribution in [2.45, 2.75) is 13.8 Å². The van der Waals surface area contributed by atoms with Gasteiger partial charge in [0, 0.05) is 5.02 Å². The van der Waals surface area contributed by atoms with E-state index in [1.807, 2.05) is 50.2 Å². The fourth-order valence-electron chi connectivity index (χ4n) is 1.54. The van der Waals surface area contributed by atoms with Crippen LogP contribution in [0.2, 0.25) is 5.02 Å². The van der Waals surface area contributed by atoms with Gasteiger partial charge >= 0.3 is 0 Å². The Balaban J connectivity index is 2.31. The molecule has 0 aliphatic heterocycles. The van der Waals surface area contributed by atoms with Gasteiger partial charge in [-0.05, 0) is 55.3 Å². The maximum absolute atomic E-state index is 5.96. The average Bonchev–Trinajstić information content (AvgIpc) is 2.29. The van der Waals surface area contributed by atoms with Gasteiger partial charge in [0.05, 0.1) is 5.69 Å².